The zero-order chi connectivity index (χ0) is 41.9. The third-order valence-corrected chi connectivity index (χ3v) is 11.0. The molecule has 0 unspecified atom stereocenters. The van der Waals surface area contributed by atoms with Crippen LogP contribution in [0, 0.1) is 19.3 Å². The minimum atomic E-state index is -4.89. The lowest BCUT2D eigenvalue weighted by Gasteiger charge is -2.39. The lowest BCUT2D eigenvalue weighted by Crippen LogP contribution is -2.43. The predicted octanol–water partition coefficient (Wildman–Crippen LogP) is 7.26. The first-order valence-electron chi connectivity index (χ1n) is 19.4. The number of hydrogen-bond acceptors (Lipinski definition) is 11. The number of aliphatic hydroxyl groups excluding tert-OH is 1. The number of benzene rings is 3. The number of amides is 1. The van der Waals surface area contributed by atoms with Crippen molar-refractivity contribution in [3.8, 4) is 22.7 Å². The normalized spacial score (nSPS) is 16.9. The van der Waals surface area contributed by atoms with Crippen LogP contribution in [-0.2, 0) is 27.5 Å². The number of rotatable bonds is 11. The van der Waals surface area contributed by atoms with Crippen LogP contribution in [0.4, 0.5) is 29.7 Å². The molecule has 2 fully saturated rings. The second-order valence-corrected chi connectivity index (χ2v) is 15.1. The second-order valence-electron chi connectivity index (χ2n) is 15.1. The molecule has 1 spiro atoms. The number of ether oxygens (including phenoxy) is 3. The fraction of sp³-hybridized carbons (Fsp3) is 0.372. The second kappa shape index (κ2) is 17.0. The highest BCUT2D eigenvalue weighted by Crippen LogP contribution is 2.46. The third-order valence-electron chi connectivity index (χ3n) is 11.0. The van der Waals surface area contributed by atoms with E-state index in [2.05, 4.69) is 15.1 Å². The van der Waals surface area contributed by atoms with E-state index in [1.165, 1.54) is 21.7 Å². The number of aryl methyl sites for hydroxylation is 2. The summed E-state index contributed by atoms with van der Waals surface area (Å²) < 4.78 is 63.4. The number of carbonyl (C=O) groups excluding carboxylic acids is 2. The molecular formula is C43H46F3N7O6. The van der Waals surface area contributed by atoms with Gasteiger partial charge in [0.25, 0.3) is 0 Å². The molecule has 2 aliphatic rings. The van der Waals surface area contributed by atoms with Gasteiger partial charge in [0.15, 0.2) is 0 Å². The van der Waals surface area contributed by atoms with Crippen LogP contribution >= 0.6 is 0 Å². The molecule has 2 aromatic heterocycles. The number of esters is 1. The van der Waals surface area contributed by atoms with E-state index >= 15 is 13.2 Å². The molecule has 310 valence electrons. The van der Waals surface area contributed by atoms with Gasteiger partial charge in [-0.05, 0) is 91.5 Å². The lowest BCUT2D eigenvalue weighted by molar-refractivity contribution is -0.198. The number of alkyl halides is 3. The smallest absolute Gasteiger partial charge is 0.429 e. The molecule has 3 N–H and O–H groups in total. The van der Waals surface area contributed by atoms with Crippen molar-refractivity contribution >= 4 is 23.8 Å². The maximum absolute atomic E-state index is 15.1. The number of piperidine rings is 1. The van der Waals surface area contributed by atoms with Crippen molar-refractivity contribution < 1.29 is 42.1 Å². The Balaban J connectivity index is 1.12. The van der Waals surface area contributed by atoms with Crippen LogP contribution in [0.5, 0.6) is 5.88 Å². The number of anilines is 2. The molecule has 13 nitrogen and oxygen atoms in total. The van der Waals surface area contributed by atoms with E-state index in [4.69, 9.17) is 19.9 Å². The number of nitrogens with zero attached hydrogens (tertiary/aromatic N) is 6. The zero-order valence-electron chi connectivity index (χ0n) is 33.0. The Bertz CT molecular complexity index is 2300. The van der Waals surface area contributed by atoms with E-state index in [1.807, 2.05) is 54.3 Å². The van der Waals surface area contributed by atoms with Crippen LogP contribution in [0.25, 0.3) is 16.8 Å². The van der Waals surface area contributed by atoms with Crippen molar-refractivity contribution in [1.29, 1.82) is 0 Å². The van der Waals surface area contributed by atoms with Crippen LogP contribution < -0.4 is 15.4 Å². The summed E-state index contributed by atoms with van der Waals surface area (Å²) in [5.41, 5.74) is 9.92. The number of carbonyl (C=O) groups is 2. The average molecular weight is 814 g/mol. The molecule has 59 heavy (non-hydrogen) atoms. The van der Waals surface area contributed by atoms with Crippen LogP contribution in [-0.4, -0.2) is 80.3 Å². The molecule has 1 amide bonds. The Hall–Kier alpha value is -6.16. The summed E-state index contributed by atoms with van der Waals surface area (Å²) in [4.78, 5) is 38.2. The van der Waals surface area contributed by atoms with E-state index in [0.717, 1.165) is 11.1 Å². The SMILES string of the molecule is CCOC(=O)[C@@H]1CC2(CCN(c3cc(O[C@H](c4ccc(-c5ccc(C)c(CO)c5)cc4-n4ccc(C)n4)C(F)(F)F)nc(N)n3)CC2)CN1C(=O)OCc1ccccc1. The highest BCUT2D eigenvalue weighted by atomic mass is 19.4. The largest absolute Gasteiger partial charge is 0.464 e. The van der Waals surface area contributed by atoms with Crippen LogP contribution in [0.1, 0.15) is 60.2 Å². The number of nitrogens with two attached hydrogens (primary N) is 1. The fourth-order valence-electron chi connectivity index (χ4n) is 7.87. The van der Waals surface area contributed by atoms with E-state index in [9.17, 15) is 14.7 Å². The van der Waals surface area contributed by atoms with E-state index < -0.39 is 35.8 Å². The van der Waals surface area contributed by atoms with Crippen molar-refractivity contribution in [1.82, 2.24) is 24.6 Å². The van der Waals surface area contributed by atoms with Crippen molar-refractivity contribution in [2.45, 2.75) is 71.6 Å². The first-order valence-corrected chi connectivity index (χ1v) is 19.4. The van der Waals surface area contributed by atoms with Gasteiger partial charge in [-0.1, -0.05) is 54.6 Å². The summed E-state index contributed by atoms with van der Waals surface area (Å²) in [7, 11) is 0. The van der Waals surface area contributed by atoms with E-state index in [1.54, 1.807) is 44.3 Å². The highest BCUT2D eigenvalue weighted by molar-refractivity contribution is 5.82. The molecule has 7 rings (SSSR count). The molecule has 3 aromatic carbocycles. The Morgan fingerprint density at radius 3 is 2.37 bits per heavy atom. The standard InChI is InChI=1S/C43H46F3N7O6/c1-4-57-39(55)35-23-42(26-52(35)41(56)58-25-29-8-6-5-7-9-29)15-18-51(19-16-42)36-22-37(49-40(47)48-36)59-38(43(44,45)46)33-13-12-31(21-34(33)53-17-14-28(3)50-53)30-11-10-27(2)32(20-30)24-54/h5-14,17,20-22,35,38,54H,4,15-16,18-19,23-26H2,1-3H3,(H2,47,48,49)/t35-,38+/m0/s1. The maximum Gasteiger partial charge on any atom is 0.429 e. The molecule has 0 radical (unpaired) electrons. The summed E-state index contributed by atoms with van der Waals surface area (Å²) in [5.74, 6) is -0.866. The number of aromatic nitrogens is 4. The Kier molecular flexibility index (Phi) is 11.8. The molecule has 5 aromatic rings. The third kappa shape index (κ3) is 9.12. The van der Waals surface area contributed by atoms with Gasteiger partial charge in [0.1, 0.15) is 18.5 Å². The molecular weight excluding hydrogens is 768 g/mol. The molecule has 0 aliphatic carbocycles. The summed E-state index contributed by atoms with van der Waals surface area (Å²) in [6, 6.07) is 21.5. The van der Waals surface area contributed by atoms with E-state index in [-0.39, 0.29) is 55.3 Å². The highest BCUT2D eigenvalue weighted by Gasteiger charge is 2.51. The molecule has 2 aliphatic heterocycles. The van der Waals surface area contributed by atoms with Gasteiger partial charge in [0.2, 0.25) is 17.9 Å². The maximum atomic E-state index is 15.1. The molecule has 0 saturated carbocycles. The van der Waals surface area contributed by atoms with Gasteiger partial charge >= 0.3 is 18.2 Å². The van der Waals surface area contributed by atoms with E-state index in [0.29, 0.717) is 54.7 Å². The van der Waals surface area contributed by atoms with Gasteiger partial charge in [0.05, 0.1) is 24.6 Å². The van der Waals surface area contributed by atoms with Crippen molar-refractivity contribution in [2.75, 3.05) is 36.9 Å². The number of nitrogen functional groups attached to an aromatic ring is 1. The van der Waals surface area contributed by atoms with Crippen molar-refractivity contribution in [2.24, 2.45) is 5.41 Å². The molecule has 0 bridgehead atoms. The predicted molar refractivity (Wildman–Crippen MR) is 213 cm³/mol. The van der Waals surface area contributed by atoms with Crippen LogP contribution in [0.2, 0.25) is 0 Å². The first-order chi connectivity index (χ1) is 28.3. The quantitative estimate of drug-likeness (QED) is 0.129. The van der Waals surface area contributed by atoms with Crippen molar-refractivity contribution in [3.63, 3.8) is 0 Å². The van der Waals surface area contributed by atoms with Gasteiger partial charge in [-0.3, -0.25) is 4.90 Å². The number of likely N-dealkylation sites (tertiary alicyclic amines) is 1. The van der Waals surface area contributed by atoms with Crippen LogP contribution in [0.15, 0.2) is 85.1 Å². The summed E-state index contributed by atoms with van der Waals surface area (Å²) in [6.07, 6.45) is -4.95. The monoisotopic (exact) mass is 813 g/mol. The fourth-order valence-corrected chi connectivity index (χ4v) is 7.87. The topological polar surface area (TPSA) is 158 Å². The Morgan fingerprint density at radius 1 is 0.966 bits per heavy atom. The van der Waals surface area contributed by atoms with Gasteiger partial charge in [-0.2, -0.15) is 28.2 Å². The van der Waals surface area contributed by atoms with Gasteiger partial charge in [-0.15, -0.1) is 0 Å². The minimum absolute atomic E-state index is 0.0520. The zero-order valence-corrected chi connectivity index (χ0v) is 33.0. The summed E-state index contributed by atoms with van der Waals surface area (Å²) >= 11 is 0. The molecule has 4 heterocycles. The van der Waals surface area contributed by atoms with Crippen molar-refractivity contribution in [3.05, 3.63) is 113 Å². The molecule has 2 saturated heterocycles. The Morgan fingerprint density at radius 2 is 1.69 bits per heavy atom. The van der Waals surface area contributed by atoms with Gasteiger partial charge < -0.3 is 30.0 Å². The summed E-state index contributed by atoms with van der Waals surface area (Å²) in [6.45, 7) is 6.42. The number of halogens is 3. The lowest BCUT2D eigenvalue weighted by atomic mass is 9.76. The summed E-state index contributed by atoms with van der Waals surface area (Å²) in [5, 5.41) is 14.3. The minimum Gasteiger partial charge on any atom is -0.464 e. The average Bonchev–Trinajstić information content (AvgIpc) is 3.83. The molecule has 2 atom stereocenters. The van der Waals surface area contributed by atoms with Gasteiger partial charge in [-0.25, -0.2) is 14.3 Å². The van der Waals surface area contributed by atoms with Gasteiger partial charge in [0, 0.05) is 37.5 Å². The number of hydrogen-bond donors (Lipinski definition) is 2. The Labute approximate surface area is 339 Å². The number of aliphatic hydroxyl groups is 1. The molecule has 16 heteroatoms. The van der Waals surface area contributed by atoms with Crippen LogP contribution in [0.3, 0.4) is 0 Å². The first kappa shape index (κ1) is 41.0.